The number of halogens is 1. The highest BCUT2D eigenvalue weighted by atomic mass is 35.5. The van der Waals surface area contributed by atoms with Gasteiger partial charge in [-0.2, -0.15) is 5.26 Å². The molecule has 1 amide bonds. The van der Waals surface area contributed by atoms with E-state index in [-0.39, 0.29) is 5.57 Å². The molecule has 0 saturated heterocycles. The summed E-state index contributed by atoms with van der Waals surface area (Å²) in [6, 6.07) is 25.2. The molecular formula is C31H27ClN2O3. The summed E-state index contributed by atoms with van der Waals surface area (Å²) >= 11 is 6.61. The summed E-state index contributed by atoms with van der Waals surface area (Å²) in [4.78, 5) is 12.8. The van der Waals surface area contributed by atoms with Crippen LogP contribution in [0, 0.1) is 25.2 Å². The Kier molecular flexibility index (Phi) is 8.12. The highest BCUT2D eigenvalue weighted by Crippen LogP contribution is 2.38. The molecule has 0 heterocycles. The van der Waals surface area contributed by atoms with Crippen LogP contribution in [0.25, 0.3) is 16.8 Å². The fourth-order valence-electron chi connectivity index (χ4n) is 4.03. The quantitative estimate of drug-likeness (QED) is 0.195. The lowest BCUT2D eigenvalue weighted by molar-refractivity contribution is -0.112. The van der Waals surface area contributed by atoms with Gasteiger partial charge in [0.2, 0.25) is 0 Å². The lowest BCUT2D eigenvalue weighted by atomic mass is 10.1. The summed E-state index contributed by atoms with van der Waals surface area (Å²) in [5.41, 5.74) is 4.18. The standard InChI is InChI=1S/C31H27ClN2O3/c1-4-36-29-17-22(15-25(18-33)31(35)34-28-14-7-9-20(2)21(28)3)16-27(32)30(29)37-19-24-12-8-11-23-10-5-6-13-26(23)24/h5-17H,4,19H2,1-3H3,(H,34,35)/b25-15+. The Morgan fingerprint density at radius 1 is 1.03 bits per heavy atom. The fourth-order valence-corrected chi connectivity index (χ4v) is 4.31. The summed E-state index contributed by atoms with van der Waals surface area (Å²) in [6.45, 7) is 6.45. The SMILES string of the molecule is CCOc1cc(/C=C(\C#N)C(=O)Nc2cccc(C)c2C)cc(Cl)c1OCc1cccc2ccccc12. The van der Waals surface area contributed by atoms with E-state index in [1.165, 1.54) is 6.08 Å². The van der Waals surface area contributed by atoms with Gasteiger partial charge in [0.15, 0.2) is 11.5 Å². The van der Waals surface area contributed by atoms with Crippen LogP contribution in [-0.4, -0.2) is 12.5 Å². The van der Waals surface area contributed by atoms with E-state index < -0.39 is 5.91 Å². The highest BCUT2D eigenvalue weighted by Gasteiger charge is 2.16. The van der Waals surface area contributed by atoms with Crippen molar-refractivity contribution in [1.29, 1.82) is 5.26 Å². The number of carbonyl (C=O) groups is 1. The second-order valence-electron chi connectivity index (χ2n) is 8.56. The van der Waals surface area contributed by atoms with Crippen molar-refractivity contribution in [2.45, 2.75) is 27.4 Å². The molecule has 0 atom stereocenters. The van der Waals surface area contributed by atoms with Crippen LogP contribution >= 0.6 is 11.6 Å². The zero-order valence-corrected chi connectivity index (χ0v) is 21.7. The first-order chi connectivity index (χ1) is 17.9. The van der Waals surface area contributed by atoms with Crippen LogP contribution in [0.3, 0.4) is 0 Å². The van der Waals surface area contributed by atoms with Gasteiger partial charge in [-0.25, -0.2) is 0 Å². The molecule has 0 aromatic heterocycles. The summed E-state index contributed by atoms with van der Waals surface area (Å²) < 4.78 is 11.9. The minimum absolute atomic E-state index is 0.0520. The molecule has 0 aliphatic rings. The van der Waals surface area contributed by atoms with Gasteiger partial charge in [-0.3, -0.25) is 4.79 Å². The Morgan fingerprint density at radius 2 is 1.78 bits per heavy atom. The molecule has 5 nitrogen and oxygen atoms in total. The van der Waals surface area contributed by atoms with Crippen LogP contribution in [0.4, 0.5) is 5.69 Å². The second kappa shape index (κ2) is 11.6. The number of rotatable bonds is 8. The largest absolute Gasteiger partial charge is 0.490 e. The van der Waals surface area contributed by atoms with Crippen molar-refractivity contribution in [3.63, 3.8) is 0 Å². The molecule has 0 bridgehead atoms. The van der Waals surface area contributed by atoms with E-state index in [1.807, 2.05) is 63.2 Å². The Bertz CT molecular complexity index is 1530. The topological polar surface area (TPSA) is 71.3 Å². The summed E-state index contributed by atoms with van der Waals surface area (Å²) in [5.74, 6) is 0.349. The number of anilines is 1. The molecule has 6 heteroatoms. The maximum absolute atomic E-state index is 12.8. The fraction of sp³-hybridized carbons (Fsp3) is 0.161. The van der Waals surface area contributed by atoms with Gasteiger partial charge < -0.3 is 14.8 Å². The van der Waals surface area contributed by atoms with Crippen molar-refractivity contribution in [1.82, 2.24) is 0 Å². The molecule has 0 radical (unpaired) electrons. The van der Waals surface area contributed by atoms with Crippen molar-refractivity contribution in [3.05, 3.63) is 106 Å². The number of nitrogens with one attached hydrogen (secondary N) is 1. The van der Waals surface area contributed by atoms with Crippen LogP contribution in [0.15, 0.2) is 78.4 Å². The third kappa shape index (κ3) is 5.94. The summed E-state index contributed by atoms with van der Waals surface area (Å²) in [5, 5.41) is 15.1. The number of hydrogen-bond donors (Lipinski definition) is 1. The Balaban J connectivity index is 1.60. The monoisotopic (exact) mass is 510 g/mol. The molecule has 186 valence electrons. The first kappa shape index (κ1) is 25.8. The Hall–Kier alpha value is -4.27. The zero-order chi connectivity index (χ0) is 26.4. The molecule has 1 N–H and O–H groups in total. The van der Waals surface area contributed by atoms with Gasteiger partial charge in [-0.05, 0) is 78.1 Å². The van der Waals surface area contributed by atoms with Crippen molar-refractivity contribution in [3.8, 4) is 17.6 Å². The number of nitriles is 1. The molecule has 4 aromatic rings. The number of carbonyl (C=O) groups excluding carboxylic acids is 1. The van der Waals surface area contributed by atoms with Crippen molar-refractivity contribution >= 4 is 40.0 Å². The third-order valence-corrected chi connectivity index (χ3v) is 6.39. The predicted octanol–water partition coefficient (Wildman–Crippen LogP) is 7.63. The first-order valence-corrected chi connectivity index (χ1v) is 12.3. The normalized spacial score (nSPS) is 11.2. The number of benzene rings is 4. The lowest BCUT2D eigenvalue weighted by Crippen LogP contribution is -2.14. The van der Waals surface area contributed by atoms with Crippen LogP contribution in [0.1, 0.15) is 29.2 Å². The molecule has 0 fully saturated rings. The van der Waals surface area contributed by atoms with Gasteiger partial charge in [-0.15, -0.1) is 0 Å². The predicted molar refractivity (Wildman–Crippen MR) is 149 cm³/mol. The van der Waals surface area contributed by atoms with E-state index in [1.54, 1.807) is 18.2 Å². The Labute approximate surface area is 221 Å². The average Bonchev–Trinajstić information content (AvgIpc) is 2.89. The summed E-state index contributed by atoms with van der Waals surface area (Å²) in [6.07, 6.45) is 1.49. The lowest BCUT2D eigenvalue weighted by Gasteiger charge is -2.15. The van der Waals surface area contributed by atoms with Crippen LogP contribution in [0.2, 0.25) is 5.02 Å². The number of nitrogens with zero attached hydrogens (tertiary/aromatic N) is 1. The molecule has 0 saturated carbocycles. The van der Waals surface area contributed by atoms with Crippen LogP contribution in [0.5, 0.6) is 11.5 Å². The van der Waals surface area contributed by atoms with Gasteiger partial charge in [0.1, 0.15) is 18.2 Å². The van der Waals surface area contributed by atoms with Gasteiger partial charge in [0, 0.05) is 5.69 Å². The van der Waals surface area contributed by atoms with Gasteiger partial charge >= 0.3 is 0 Å². The second-order valence-corrected chi connectivity index (χ2v) is 8.97. The van der Waals surface area contributed by atoms with E-state index in [2.05, 4.69) is 23.5 Å². The zero-order valence-electron chi connectivity index (χ0n) is 21.0. The Morgan fingerprint density at radius 3 is 2.57 bits per heavy atom. The molecule has 0 aliphatic carbocycles. The van der Waals surface area contributed by atoms with Crippen LogP contribution in [-0.2, 0) is 11.4 Å². The highest BCUT2D eigenvalue weighted by molar-refractivity contribution is 6.32. The molecule has 4 rings (SSSR count). The molecule has 0 spiro atoms. The van der Waals surface area contributed by atoms with E-state index in [4.69, 9.17) is 21.1 Å². The van der Waals surface area contributed by atoms with Crippen molar-refractivity contribution in [2.75, 3.05) is 11.9 Å². The molecule has 0 aliphatic heterocycles. The maximum atomic E-state index is 12.8. The number of aryl methyl sites for hydroxylation is 1. The van der Waals surface area contributed by atoms with E-state index in [0.717, 1.165) is 27.5 Å². The van der Waals surface area contributed by atoms with E-state index in [9.17, 15) is 10.1 Å². The van der Waals surface area contributed by atoms with E-state index >= 15 is 0 Å². The molecule has 37 heavy (non-hydrogen) atoms. The molecule has 0 unspecified atom stereocenters. The minimum atomic E-state index is -0.499. The van der Waals surface area contributed by atoms with Crippen molar-refractivity contribution < 1.29 is 14.3 Å². The van der Waals surface area contributed by atoms with Gasteiger partial charge in [0.05, 0.1) is 11.6 Å². The van der Waals surface area contributed by atoms with Gasteiger partial charge in [-0.1, -0.05) is 66.2 Å². The number of hydrogen-bond acceptors (Lipinski definition) is 4. The third-order valence-electron chi connectivity index (χ3n) is 6.11. The summed E-state index contributed by atoms with van der Waals surface area (Å²) in [7, 11) is 0. The first-order valence-electron chi connectivity index (χ1n) is 12.0. The smallest absolute Gasteiger partial charge is 0.266 e. The molecular weight excluding hydrogens is 484 g/mol. The minimum Gasteiger partial charge on any atom is -0.490 e. The van der Waals surface area contributed by atoms with E-state index in [0.29, 0.717) is 41.0 Å². The maximum Gasteiger partial charge on any atom is 0.266 e. The number of amides is 1. The number of fused-ring (bicyclic) bond motifs is 1. The van der Waals surface area contributed by atoms with Crippen molar-refractivity contribution in [2.24, 2.45) is 0 Å². The average molecular weight is 511 g/mol. The molecule has 4 aromatic carbocycles. The van der Waals surface area contributed by atoms with Crippen LogP contribution < -0.4 is 14.8 Å². The van der Waals surface area contributed by atoms with Gasteiger partial charge in [0.25, 0.3) is 5.91 Å². The number of ether oxygens (including phenoxy) is 2.